The third kappa shape index (κ3) is 2.90. The fourth-order valence-corrected chi connectivity index (χ4v) is 3.84. The van der Waals surface area contributed by atoms with Gasteiger partial charge in [0.15, 0.2) is 5.82 Å². The number of rotatable bonds is 2. The van der Waals surface area contributed by atoms with E-state index in [1.807, 2.05) is 0 Å². The van der Waals surface area contributed by atoms with E-state index in [0.29, 0.717) is 11.8 Å². The lowest BCUT2D eigenvalue weighted by molar-refractivity contribution is 0.254. The Balaban J connectivity index is 1.75. The van der Waals surface area contributed by atoms with Crippen LogP contribution in [0.1, 0.15) is 88.8 Å². The monoisotopic (exact) mass is 277 g/mol. The summed E-state index contributed by atoms with van der Waals surface area (Å²) in [6.45, 7) is 2.32. The molecule has 0 bridgehead atoms. The Morgan fingerprint density at radius 3 is 2.55 bits per heavy atom. The van der Waals surface area contributed by atoms with Crippen LogP contribution < -0.4 is 5.73 Å². The van der Waals surface area contributed by atoms with Crippen molar-refractivity contribution in [2.45, 2.75) is 82.6 Å². The van der Waals surface area contributed by atoms with E-state index in [1.54, 1.807) is 0 Å². The van der Waals surface area contributed by atoms with Crippen molar-refractivity contribution in [3.63, 3.8) is 0 Å². The van der Waals surface area contributed by atoms with Gasteiger partial charge in [-0.05, 0) is 31.6 Å². The van der Waals surface area contributed by atoms with Gasteiger partial charge in [-0.15, -0.1) is 0 Å². The molecular weight excluding hydrogens is 250 g/mol. The molecule has 0 saturated heterocycles. The van der Waals surface area contributed by atoms with E-state index in [0.717, 1.165) is 24.6 Å². The standard InChI is InChI=1S/C16H27N3O/c1-12-7-6-8-13(11-12)14-18-15(20-19-14)16(17)9-4-2-3-5-10-16/h12-13H,2-11,17H2,1H3. The SMILES string of the molecule is CC1CCCC(c2noc(C3(N)CCCCCC3)n2)C1. The number of nitrogens with zero attached hydrogens (tertiary/aromatic N) is 2. The lowest BCUT2D eigenvalue weighted by Crippen LogP contribution is -2.36. The van der Waals surface area contributed by atoms with Crippen LogP contribution in [0.15, 0.2) is 4.52 Å². The molecule has 4 nitrogen and oxygen atoms in total. The molecule has 4 heteroatoms. The Morgan fingerprint density at radius 1 is 1.10 bits per heavy atom. The van der Waals surface area contributed by atoms with Crippen molar-refractivity contribution < 1.29 is 4.52 Å². The van der Waals surface area contributed by atoms with E-state index in [-0.39, 0.29) is 5.54 Å². The van der Waals surface area contributed by atoms with Gasteiger partial charge in [0.1, 0.15) is 0 Å². The van der Waals surface area contributed by atoms with Crippen LogP contribution in [0.5, 0.6) is 0 Å². The molecular formula is C16H27N3O. The predicted molar refractivity (Wildman–Crippen MR) is 78.2 cm³/mol. The molecule has 2 fully saturated rings. The van der Waals surface area contributed by atoms with Crippen molar-refractivity contribution in [1.82, 2.24) is 10.1 Å². The molecule has 0 spiro atoms. The van der Waals surface area contributed by atoms with Crippen LogP contribution in [0, 0.1) is 5.92 Å². The lowest BCUT2D eigenvalue weighted by Gasteiger charge is -2.24. The minimum atomic E-state index is -0.373. The molecule has 2 aliphatic rings. The number of hydrogen-bond donors (Lipinski definition) is 1. The second-order valence-corrected chi connectivity index (χ2v) is 7.00. The molecule has 20 heavy (non-hydrogen) atoms. The summed E-state index contributed by atoms with van der Waals surface area (Å²) in [7, 11) is 0. The topological polar surface area (TPSA) is 64.9 Å². The van der Waals surface area contributed by atoms with Crippen LogP contribution in [-0.4, -0.2) is 10.1 Å². The predicted octanol–water partition coefficient (Wildman–Crippen LogP) is 3.87. The molecule has 0 aromatic carbocycles. The Hall–Kier alpha value is -0.900. The molecule has 0 aliphatic heterocycles. The van der Waals surface area contributed by atoms with Crippen molar-refractivity contribution in [3.8, 4) is 0 Å². The van der Waals surface area contributed by atoms with Crippen LogP contribution in [0.3, 0.4) is 0 Å². The Labute approximate surface area is 121 Å². The Bertz CT molecular complexity index is 435. The number of nitrogens with two attached hydrogens (primary N) is 1. The van der Waals surface area contributed by atoms with Gasteiger partial charge in [0.05, 0.1) is 5.54 Å². The maximum absolute atomic E-state index is 6.55. The zero-order valence-electron chi connectivity index (χ0n) is 12.6. The van der Waals surface area contributed by atoms with Crippen molar-refractivity contribution in [2.24, 2.45) is 11.7 Å². The van der Waals surface area contributed by atoms with Gasteiger partial charge < -0.3 is 10.3 Å². The van der Waals surface area contributed by atoms with E-state index in [1.165, 1.54) is 51.4 Å². The first kappa shape index (κ1) is 14.1. The quantitative estimate of drug-likeness (QED) is 0.833. The summed E-state index contributed by atoms with van der Waals surface area (Å²) >= 11 is 0. The van der Waals surface area contributed by atoms with Gasteiger partial charge in [-0.25, -0.2) is 0 Å². The second-order valence-electron chi connectivity index (χ2n) is 7.00. The van der Waals surface area contributed by atoms with Crippen LogP contribution >= 0.6 is 0 Å². The third-order valence-corrected chi connectivity index (χ3v) is 5.16. The van der Waals surface area contributed by atoms with E-state index in [2.05, 4.69) is 12.1 Å². The summed E-state index contributed by atoms with van der Waals surface area (Å²) in [5.74, 6) is 2.85. The summed E-state index contributed by atoms with van der Waals surface area (Å²) in [6.07, 6.45) is 11.9. The first-order valence-electron chi connectivity index (χ1n) is 8.30. The van der Waals surface area contributed by atoms with Crippen LogP contribution in [0.2, 0.25) is 0 Å². The van der Waals surface area contributed by atoms with Gasteiger partial charge in [0.25, 0.3) is 0 Å². The number of aromatic nitrogens is 2. The highest BCUT2D eigenvalue weighted by Crippen LogP contribution is 2.37. The molecule has 2 N–H and O–H groups in total. The minimum Gasteiger partial charge on any atom is -0.337 e. The summed E-state index contributed by atoms with van der Waals surface area (Å²) < 4.78 is 5.57. The van der Waals surface area contributed by atoms with Gasteiger partial charge in [-0.2, -0.15) is 4.98 Å². The maximum Gasteiger partial charge on any atom is 0.246 e. The van der Waals surface area contributed by atoms with Gasteiger partial charge in [0.2, 0.25) is 5.89 Å². The first-order valence-corrected chi connectivity index (χ1v) is 8.30. The van der Waals surface area contributed by atoms with Crippen molar-refractivity contribution in [1.29, 1.82) is 0 Å². The van der Waals surface area contributed by atoms with Gasteiger partial charge in [-0.3, -0.25) is 0 Å². The molecule has 3 rings (SSSR count). The van der Waals surface area contributed by atoms with E-state index in [4.69, 9.17) is 15.2 Å². The highest BCUT2D eigenvalue weighted by molar-refractivity contribution is 5.06. The zero-order valence-corrected chi connectivity index (χ0v) is 12.6. The zero-order chi connectivity index (χ0) is 14.0. The third-order valence-electron chi connectivity index (χ3n) is 5.16. The largest absolute Gasteiger partial charge is 0.337 e. The van der Waals surface area contributed by atoms with Gasteiger partial charge in [0, 0.05) is 5.92 Å². The summed E-state index contributed by atoms with van der Waals surface area (Å²) in [5.41, 5.74) is 6.18. The molecule has 2 aliphatic carbocycles. The molecule has 112 valence electrons. The van der Waals surface area contributed by atoms with E-state index < -0.39 is 0 Å². The number of hydrogen-bond acceptors (Lipinski definition) is 4. The molecule has 0 amide bonds. The average Bonchev–Trinajstić information content (AvgIpc) is 2.84. The van der Waals surface area contributed by atoms with Crippen molar-refractivity contribution in [3.05, 3.63) is 11.7 Å². The van der Waals surface area contributed by atoms with Crippen molar-refractivity contribution in [2.75, 3.05) is 0 Å². The molecule has 1 aromatic heterocycles. The van der Waals surface area contributed by atoms with Crippen molar-refractivity contribution >= 4 is 0 Å². The Kier molecular flexibility index (Phi) is 4.11. The molecule has 1 aromatic rings. The van der Waals surface area contributed by atoms with Crippen LogP contribution in [0.25, 0.3) is 0 Å². The minimum absolute atomic E-state index is 0.373. The van der Waals surface area contributed by atoms with Gasteiger partial charge >= 0.3 is 0 Å². The molecule has 2 unspecified atom stereocenters. The molecule has 2 atom stereocenters. The fourth-order valence-electron chi connectivity index (χ4n) is 3.84. The fraction of sp³-hybridized carbons (Fsp3) is 0.875. The normalized spacial score (nSPS) is 30.9. The second kappa shape index (κ2) is 5.84. The first-order chi connectivity index (χ1) is 9.67. The summed E-state index contributed by atoms with van der Waals surface area (Å²) in [5, 5.41) is 4.26. The highest BCUT2D eigenvalue weighted by Gasteiger charge is 2.35. The van der Waals surface area contributed by atoms with Gasteiger partial charge in [-0.1, -0.05) is 50.6 Å². The molecule has 1 heterocycles. The average molecular weight is 277 g/mol. The Morgan fingerprint density at radius 2 is 1.85 bits per heavy atom. The summed E-state index contributed by atoms with van der Waals surface area (Å²) in [6, 6.07) is 0. The maximum atomic E-state index is 6.55. The van der Waals surface area contributed by atoms with Crippen LogP contribution in [0.4, 0.5) is 0 Å². The highest BCUT2D eigenvalue weighted by atomic mass is 16.5. The van der Waals surface area contributed by atoms with E-state index in [9.17, 15) is 0 Å². The van der Waals surface area contributed by atoms with Crippen LogP contribution in [-0.2, 0) is 5.54 Å². The molecule has 2 saturated carbocycles. The lowest BCUT2D eigenvalue weighted by atomic mass is 9.82. The smallest absolute Gasteiger partial charge is 0.246 e. The van der Waals surface area contributed by atoms with E-state index >= 15 is 0 Å². The molecule has 0 radical (unpaired) electrons. The summed E-state index contributed by atoms with van der Waals surface area (Å²) in [4.78, 5) is 4.70.